The van der Waals surface area contributed by atoms with Gasteiger partial charge in [0.1, 0.15) is 16.4 Å². The second-order valence-corrected chi connectivity index (χ2v) is 4.98. The minimum absolute atomic E-state index is 0.188. The van der Waals surface area contributed by atoms with E-state index < -0.39 is 11.5 Å². The molecule has 1 aliphatic rings. The van der Waals surface area contributed by atoms with Crippen molar-refractivity contribution in [3.05, 3.63) is 29.0 Å². The fourth-order valence-electron chi connectivity index (χ4n) is 2.58. The van der Waals surface area contributed by atoms with E-state index in [0.29, 0.717) is 25.8 Å². The summed E-state index contributed by atoms with van der Waals surface area (Å²) >= 11 is 5.76. The van der Waals surface area contributed by atoms with Crippen molar-refractivity contribution in [3.8, 4) is 0 Å². The van der Waals surface area contributed by atoms with Crippen molar-refractivity contribution in [3.63, 3.8) is 0 Å². The molecule has 0 bridgehead atoms. The number of likely N-dealkylation sites (tertiary alicyclic amines) is 1. The third kappa shape index (κ3) is 2.30. The Bertz CT molecular complexity index is 520. The number of nitrogens with zero attached hydrogens (tertiary/aromatic N) is 2. The number of carbonyl (C=O) groups excluding carboxylic acids is 1. The molecule has 5 nitrogen and oxygen atoms in total. The van der Waals surface area contributed by atoms with Gasteiger partial charge in [0.15, 0.2) is 0 Å². The molecule has 1 aliphatic heterocycles. The highest BCUT2D eigenvalue weighted by atomic mass is 35.5. The number of carbonyl (C=O) groups is 2. The Labute approximate surface area is 116 Å². The molecule has 1 saturated heterocycles. The van der Waals surface area contributed by atoms with Crippen LogP contribution in [0.1, 0.15) is 36.7 Å². The largest absolute Gasteiger partial charge is 0.479 e. The number of amides is 1. The van der Waals surface area contributed by atoms with Crippen LogP contribution in [0.15, 0.2) is 18.2 Å². The number of aromatic nitrogens is 1. The van der Waals surface area contributed by atoms with Crippen LogP contribution in [0, 0.1) is 0 Å². The fraction of sp³-hybridized carbons (Fsp3) is 0.462. The Morgan fingerprint density at radius 3 is 2.84 bits per heavy atom. The summed E-state index contributed by atoms with van der Waals surface area (Å²) in [4.78, 5) is 29.3. The molecule has 0 aliphatic carbocycles. The van der Waals surface area contributed by atoms with Crippen molar-refractivity contribution in [1.82, 2.24) is 9.88 Å². The number of hydrogen-bond donors (Lipinski definition) is 1. The van der Waals surface area contributed by atoms with Gasteiger partial charge < -0.3 is 10.0 Å². The lowest BCUT2D eigenvalue weighted by molar-refractivity contribution is -0.148. The highest BCUT2D eigenvalue weighted by Gasteiger charge is 2.48. The summed E-state index contributed by atoms with van der Waals surface area (Å²) in [5.41, 5.74) is -0.922. The number of aliphatic carboxylic acids is 1. The van der Waals surface area contributed by atoms with E-state index >= 15 is 0 Å². The van der Waals surface area contributed by atoms with Crippen molar-refractivity contribution >= 4 is 23.5 Å². The first-order chi connectivity index (χ1) is 9.01. The molecular weight excluding hydrogens is 268 g/mol. The van der Waals surface area contributed by atoms with Gasteiger partial charge in [-0.2, -0.15) is 0 Å². The van der Waals surface area contributed by atoms with Gasteiger partial charge in [-0.25, -0.2) is 9.78 Å². The maximum Gasteiger partial charge on any atom is 0.329 e. The Kier molecular flexibility index (Phi) is 3.75. The van der Waals surface area contributed by atoms with Gasteiger partial charge in [0.05, 0.1) is 0 Å². The van der Waals surface area contributed by atoms with Gasteiger partial charge >= 0.3 is 5.97 Å². The molecule has 0 spiro atoms. The number of rotatable bonds is 3. The SMILES string of the molecule is CCC1(C(=O)O)CCCN1C(=O)c1cccc(Cl)n1. The molecule has 1 N–H and O–H groups in total. The van der Waals surface area contributed by atoms with Crippen molar-refractivity contribution in [2.45, 2.75) is 31.7 Å². The zero-order valence-corrected chi connectivity index (χ0v) is 11.4. The second kappa shape index (κ2) is 5.17. The van der Waals surface area contributed by atoms with Crippen LogP contribution in [0.3, 0.4) is 0 Å². The topological polar surface area (TPSA) is 70.5 Å². The first-order valence-corrected chi connectivity index (χ1v) is 6.57. The van der Waals surface area contributed by atoms with E-state index in [9.17, 15) is 14.7 Å². The van der Waals surface area contributed by atoms with Crippen LogP contribution in [0.4, 0.5) is 0 Å². The number of carboxylic acids is 1. The minimum Gasteiger partial charge on any atom is -0.479 e. The monoisotopic (exact) mass is 282 g/mol. The fourth-order valence-corrected chi connectivity index (χ4v) is 2.75. The van der Waals surface area contributed by atoms with Crippen molar-refractivity contribution in [1.29, 1.82) is 0 Å². The maximum absolute atomic E-state index is 12.4. The van der Waals surface area contributed by atoms with Crippen LogP contribution in [-0.2, 0) is 4.79 Å². The standard InChI is InChI=1S/C13H15ClN2O3/c1-2-13(12(18)19)7-4-8-16(13)11(17)9-5-3-6-10(14)15-9/h3,5-6H,2,4,7-8H2,1H3,(H,18,19). The van der Waals surface area contributed by atoms with Gasteiger partial charge in [-0.3, -0.25) is 4.79 Å². The molecule has 2 heterocycles. The van der Waals surface area contributed by atoms with Crippen molar-refractivity contribution in [2.24, 2.45) is 0 Å². The third-order valence-corrected chi connectivity index (χ3v) is 3.86. The highest BCUT2D eigenvalue weighted by Crippen LogP contribution is 2.33. The van der Waals surface area contributed by atoms with E-state index in [1.807, 2.05) is 0 Å². The molecule has 0 aromatic carbocycles. The molecule has 0 radical (unpaired) electrons. The molecule has 1 fully saturated rings. The smallest absolute Gasteiger partial charge is 0.329 e. The number of pyridine rings is 1. The normalized spacial score (nSPS) is 22.5. The van der Waals surface area contributed by atoms with Gasteiger partial charge in [-0.1, -0.05) is 24.6 Å². The van der Waals surface area contributed by atoms with E-state index in [0.717, 1.165) is 0 Å². The van der Waals surface area contributed by atoms with Crippen molar-refractivity contribution < 1.29 is 14.7 Å². The lowest BCUT2D eigenvalue weighted by atomic mass is 9.93. The minimum atomic E-state index is -1.11. The summed E-state index contributed by atoms with van der Waals surface area (Å²) in [7, 11) is 0. The molecule has 1 amide bonds. The van der Waals surface area contributed by atoms with Gasteiger partial charge in [-0.05, 0) is 31.4 Å². The average molecular weight is 283 g/mol. The summed E-state index contributed by atoms with van der Waals surface area (Å²) < 4.78 is 0. The quantitative estimate of drug-likeness (QED) is 0.863. The van der Waals surface area contributed by atoms with Crippen LogP contribution in [0.25, 0.3) is 0 Å². The van der Waals surface area contributed by atoms with Gasteiger partial charge in [0.2, 0.25) is 0 Å². The summed E-state index contributed by atoms with van der Waals surface area (Å²) in [5.74, 6) is -1.33. The molecule has 1 aromatic rings. The van der Waals surface area contributed by atoms with E-state index in [4.69, 9.17) is 11.6 Å². The molecule has 1 aromatic heterocycles. The number of carboxylic acid groups (broad SMARTS) is 1. The van der Waals surface area contributed by atoms with Gasteiger partial charge in [0.25, 0.3) is 5.91 Å². The lowest BCUT2D eigenvalue weighted by Crippen LogP contribution is -2.52. The molecule has 1 atom stereocenters. The van der Waals surface area contributed by atoms with Crippen LogP contribution >= 0.6 is 11.6 Å². The van der Waals surface area contributed by atoms with E-state index in [-0.39, 0.29) is 16.8 Å². The third-order valence-electron chi connectivity index (χ3n) is 3.65. The van der Waals surface area contributed by atoms with Gasteiger partial charge in [0, 0.05) is 6.54 Å². The summed E-state index contributed by atoms with van der Waals surface area (Å²) in [6, 6.07) is 4.76. The Morgan fingerprint density at radius 2 is 2.26 bits per heavy atom. The van der Waals surface area contributed by atoms with Crippen molar-refractivity contribution in [2.75, 3.05) is 6.54 Å². The summed E-state index contributed by atoms with van der Waals surface area (Å²) in [6.45, 7) is 2.22. The molecule has 102 valence electrons. The zero-order chi connectivity index (χ0) is 14.0. The predicted molar refractivity (Wildman–Crippen MR) is 70.2 cm³/mol. The zero-order valence-electron chi connectivity index (χ0n) is 10.6. The first kappa shape index (κ1) is 13.8. The average Bonchev–Trinajstić information content (AvgIpc) is 2.82. The molecule has 2 rings (SSSR count). The van der Waals surface area contributed by atoms with Crippen LogP contribution < -0.4 is 0 Å². The van der Waals surface area contributed by atoms with E-state index in [1.54, 1.807) is 25.1 Å². The number of halogens is 1. The second-order valence-electron chi connectivity index (χ2n) is 4.60. The molecule has 19 heavy (non-hydrogen) atoms. The molecular formula is C13H15ClN2O3. The Balaban J connectivity index is 2.35. The molecule has 1 unspecified atom stereocenters. The highest BCUT2D eigenvalue weighted by molar-refractivity contribution is 6.29. The summed E-state index contributed by atoms with van der Waals surface area (Å²) in [5, 5.41) is 9.67. The Hall–Kier alpha value is -1.62. The van der Waals surface area contributed by atoms with Crippen LogP contribution in [-0.4, -0.2) is 39.0 Å². The Morgan fingerprint density at radius 1 is 1.53 bits per heavy atom. The van der Waals surface area contributed by atoms with Gasteiger partial charge in [-0.15, -0.1) is 0 Å². The van der Waals surface area contributed by atoms with Crippen LogP contribution in [0.2, 0.25) is 5.15 Å². The molecule has 6 heteroatoms. The maximum atomic E-state index is 12.4. The predicted octanol–water partition coefficient (Wildman–Crippen LogP) is 2.20. The van der Waals surface area contributed by atoms with E-state index in [1.165, 1.54) is 4.90 Å². The first-order valence-electron chi connectivity index (χ1n) is 6.19. The molecule has 0 saturated carbocycles. The summed E-state index contributed by atoms with van der Waals surface area (Å²) in [6.07, 6.45) is 1.55. The van der Waals surface area contributed by atoms with E-state index in [2.05, 4.69) is 4.98 Å². The lowest BCUT2D eigenvalue weighted by Gasteiger charge is -2.33. The number of hydrogen-bond acceptors (Lipinski definition) is 3. The van der Waals surface area contributed by atoms with Crippen LogP contribution in [0.5, 0.6) is 0 Å².